The minimum atomic E-state index is -0.481. The van der Waals surface area contributed by atoms with Crippen molar-refractivity contribution in [2.24, 2.45) is 0 Å². The molecular formula is C52H128N8O16Ti4. The van der Waals surface area contributed by atoms with E-state index in [1.807, 2.05) is 152 Å². The van der Waals surface area contributed by atoms with Gasteiger partial charge in [0.25, 0.3) is 0 Å². The van der Waals surface area contributed by atoms with Crippen LogP contribution in [0.25, 0.3) is 0 Å². The molecule has 0 fully saturated rings. The van der Waals surface area contributed by atoms with Gasteiger partial charge in [0.15, 0.2) is 0 Å². The molecule has 488 valence electrons. The van der Waals surface area contributed by atoms with Gasteiger partial charge in [-0.3, -0.25) is 0 Å². The van der Waals surface area contributed by atoms with E-state index in [4.69, 9.17) is 61.3 Å². The summed E-state index contributed by atoms with van der Waals surface area (Å²) in [7, 11) is 30.7. The Balaban J connectivity index is -0.0000000275. The van der Waals surface area contributed by atoms with Crippen LogP contribution in [0, 0.1) is 0 Å². The summed E-state index contributed by atoms with van der Waals surface area (Å²) in [5.41, 5.74) is 0. The molecule has 0 rings (SSSR count). The Labute approximate surface area is 555 Å². The van der Waals surface area contributed by atoms with Crippen molar-refractivity contribution < 1.29 is 169 Å². The normalized spacial score (nSPS) is 8.70. The first kappa shape index (κ1) is 140. The van der Waals surface area contributed by atoms with Crippen LogP contribution in [-0.2, 0) is 86.9 Å². The van der Waals surface area contributed by atoms with Gasteiger partial charge in [-0.25, -0.2) is 0 Å². The van der Waals surface area contributed by atoms with E-state index in [0.29, 0.717) is 52.4 Å². The molecule has 0 N–H and O–H groups in total. The maximum absolute atomic E-state index is 11.1. The maximum atomic E-state index is 11.1. The van der Waals surface area contributed by atoms with E-state index in [9.17, 15) is 20.4 Å². The van der Waals surface area contributed by atoms with Crippen LogP contribution in [0.5, 0.6) is 0 Å². The van der Waals surface area contributed by atoms with Crippen molar-refractivity contribution in [3.05, 3.63) is 0 Å². The molecule has 0 spiro atoms. The van der Waals surface area contributed by atoms with E-state index in [-0.39, 0.29) is 166 Å². The first-order valence-electron chi connectivity index (χ1n) is 25.8. The summed E-state index contributed by atoms with van der Waals surface area (Å²) in [6.45, 7) is 23.8. The van der Waals surface area contributed by atoms with Gasteiger partial charge in [0.1, 0.15) is 0 Å². The molecule has 0 aromatic rings. The van der Waals surface area contributed by atoms with Crippen molar-refractivity contribution in [2.75, 3.05) is 244 Å². The molecule has 0 bridgehead atoms. The minimum absolute atomic E-state index is 0. The summed E-state index contributed by atoms with van der Waals surface area (Å²) >= 11 is 0. The molecule has 0 amide bonds. The molecule has 0 unspecified atom stereocenters. The molecule has 28 heteroatoms. The molecule has 80 heavy (non-hydrogen) atoms. The van der Waals surface area contributed by atoms with E-state index in [1.165, 1.54) is 0 Å². The number of hydrogen-bond donors (Lipinski definition) is 0. The number of hydrogen-bond acceptors (Lipinski definition) is 24. The third-order valence-corrected chi connectivity index (χ3v) is 4.55. The summed E-state index contributed by atoms with van der Waals surface area (Å²) in [5.74, 6) is 0. The fourth-order valence-electron chi connectivity index (χ4n) is 3.49. The largest absolute Gasteiger partial charge is 4.00 e. The predicted molar refractivity (Wildman–Crippen MR) is 290 cm³/mol. The molecule has 0 aliphatic heterocycles. The summed E-state index contributed by atoms with van der Waals surface area (Å²) in [4.78, 5) is 15.3. The fraction of sp³-hybridized carbons (Fsp3) is 1.00. The van der Waals surface area contributed by atoms with Crippen LogP contribution in [0.15, 0.2) is 0 Å². The second kappa shape index (κ2) is 154. The van der Waals surface area contributed by atoms with Crippen molar-refractivity contribution in [3.8, 4) is 0 Å². The zero-order valence-electron chi connectivity index (χ0n) is 56.6. The Morgan fingerprint density at radius 2 is 0.212 bits per heavy atom. The Bertz CT molecular complexity index is 577. The van der Waals surface area contributed by atoms with Crippen molar-refractivity contribution in [3.63, 3.8) is 0 Å². The molecule has 0 aromatic heterocycles. The Hall–Kier alpha value is 1.90. The van der Waals surface area contributed by atoms with Crippen LogP contribution in [-0.4, -0.2) is 308 Å². The summed E-state index contributed by atoms with van der Waals surface area (Å²) < 4.78 is 0. The zero-order valence-corrected chi connectivity index (χ0v) is 62.8. The van der Waals surface area contributed by atoms with Crippen LogP contribution in [0.1, 0.15) is 83.1 Å². The molecule has 0 heterocycles. The molecule has 0 saturated carbocycles. The van der Waals surface area contributed by atoms with E-state index in [0.717, 1.165) is 0 Å². The zero-order chi connectivity index (χ0) is 65.1. The second-order valence-corrected chi connectivity index (χ2v) is 16.1. The van der Waals surface area contributed by atoms with Crippen LogP contribution >= 0.6 is 0 Å². The molecule has 0 aliphatic carbocycles. The standard InChI is InChI=1S/4C7H17N2O.12C2H5O.4Ti/c4*1-8(2)5-7(10)6-9(3)4;12*1-2-3;;;;/h4*7H,5-6H2,1-4H3;12*2H2,1H3;;;;/q16*-1;4*+4. The Kier molecular flexibility index (Phi) is 269. The van der Waals surface area contributed by atoms with Crippen LogP contribution in [0.4, 0.5) is 0 Å². The number of rotatable bonds is 16. The van der Waals surface area contributed by atoms with Gasteiger partial charge in [0, 0.05) is 0 Å². The van der Waals surface area contributed by atoms with Gasteiger partial charge in [0.2, 0.25) is 0 Å². The van der Waals surface area contributed by atoms with E-state index in [1.54, 1.807) is 83.1 Å². The first-order chi connectivity index (χ1) is 35.0. The Morgan fingerprint density at radius 3 is 0.237 bits per heavy atom. The van der Waals surface area contributed by atoms with Crippen molar-refractivity contribution >= 4 is 0 Å². The number of nitrogens with zero attached hydrogens (tertiary/aromatic N) is 8. The molecule has 0 radical (unpaired) electrons. The van der Waals surface area contributed by atoms with Gasteiger partial charge in [0.05, 0.1) is 0 Å². The number of likely N-dealkylation sites (N-methyl/N-ethyl adjacent to an activating group) is 8. The van der Waals surface area contributed by atoms with Crippen LogP contribution < -0.4 is 81.7 Å². The maximum Gasteiger partial charge on any atom is 4.00 e. The SMILES string of the molecule is CC[O-].CC[O-].CC[O-].CC[O-].CC[O-].CC[O-].CC[O-].CC[O-].CC[O-].CC[O-].CC[O-].CC[O-].CN(C)CC([O-])CN(C)C.CN(C)CC([O-])CN(C)C.CN(C)CC([O-])CN(C)C.CN(C)CC([O-])CN(C)C.[Ti+4].[Ti+4].[Ti+4].[Ti+4]. The first-order valence-corrected chi connectivity index (χ1v) is 25.8. The third-order valence-electron chi connectivity index (χ3n) is 4.55. The molecule has 0 saturated heterocycles. The van der Waals surface area contributed by atoms with E-state index in [2.05, 4.69) is 0 Å². The third kappa shape index (κ3) is 433. The van der Waals surface area contributed by atoms with Gasteiger partial charge in [-0.2, -0.15) is 0 Å². The van der Waals surface area contributed by atoms with Gasteiger partial charge in [-0.05, 0) is 165 Å². The Morgan fingerprint density at radius 1 is 0.175 bits per heavy atom. The molecule has 0 aliphatic rings. The average molecular weight is 1310 g/mol. The van der Waals surface area contributed by atoms with Gasteiger partial charge < -0.3 is 121 Å². The van der Waals surface area contributed by atoms with Crippen molar-refractivity contribution in [1.82, 2.24) is 39.2 Å². The fourth-order valence-corrected chi connectivity index (χ4v) is 3.49. The van der Waals surface area contributed by atoms with E-state index < -0.39 is 24.4 Å². The topological polar surface area (TPSA) is 395 Å². The smallest absolute Gasteiger partial charge is 0.855 e. The minimum Gasteiger partial charge on any atom is -0.855 e. The molecular weight excluding hydrogens is 1180 g/mol. The van der Waals surface area contributed by atoms with E-state index >= 15 is 0 Å². The molecule has 24 nitrogen and oxygen atoms in total. The molecule has 0 aromatic carbocycles. The van der Waals surface area contributed by atoms with Crippen molar-refractivity contribution in [2.45, 2.75) is 108 Å². The van der Waals surface area contributed by atoms with Crippen molar-refractivity contribution in [1.29, 1.82) is 0 Å². The van der Waals surface area contributed by atoms with Crippen LogP contribution in [0.2, 0.25) is 0 Å². The van der Waals surface area contributed by atoms with Crippen LogP contribution in [0.3, 0.4) is 0 Å². The average Bonchev–Trinajstić information content (AvgIpc) is 3.20. The summed E-state index contributed by atoms with van der Waals surface area (Å²) in [6.07, 6.45) is -1.93. The van der Waals surface area contributed by atoms with Gasteiger partial charge >= 0.3 is 86.9 Å². The summed E-state index contributed by atoms with van der Waals surface area (Å²) in [6, 6.07) is 0. The monoisotopic (exact) mass is 1310 g/mol. The van der Waals surface area contributed by atoms with Gasteiger partial charge in [-0.15, -0.1) is 104 Å². The second-order valence-electron chi connectivity index (χ2n) is 16.1. The predicted octanol–water partition coefficient (Wildman–Crippen LogP) is -12.3. The quantitative estimate of drug-likeness (QED) is 0.130. The van der Waals surface area contributed by atoms with Gasteiger partial charge in [-0.1, -0.05) is 83.1 Å². The summed E-state index contributed by atoms with van der Waals surface area (Å²) in [5, 5.41) is 151. The molecule has 0 atom stereocenters.